The van der Waals surface area contributed by atoms with Crippen LogP contribution in [-0.2, 0) is 67.1 Å². The van der Waals surface area contributed by atoms with E-state index in [-0.39, 0.29) is 0 Å². The minimum atomic E-state index is -5.34. The summed E-state index contributed by atoms with van der Waals surface area (Å²) in [5.74, 6) is 0. The highest BCUT2D eigenvalue weighted by Gasteiger charge is 2.55. The molecule has 0 aliphatic carbocycles. The predicted octanol–water partition coefficient (Wildman–Crippen LogP) is -10.1. The highest BCUT2D eigenvalue weighted by molar-refractivity contribution is 7.81. The molecule has 330 valence electrons. The van der Waals surface area contributed by atoms with Gasteiger partial charge in [0.15, 0.2) is 25.2 Å². The lowest BCUT2D eigenvalue weighted by Gasteiger charge is -2.46. The molecule has 0 aromatic carbocycles. The molecular formula is C26H46O28S2. The second-order valence-corrected chi connectivity index (χ2v) is 14.8. The number of aliphatic hydroxyl groups is 12. The lowest BCUT2D eigenvalue weighted by Crippen LogP contribution is -2.65. The van der Waals surface area contributed by atoms with E-state index >= 15 is 0 Å². The number of hydrogen-bond donors (Lipinski definition) is 14. The van der Waals surface area contributed by atoms with Crippen LogP contribution in [0.1, 0.15) is 0 Å². The minimum absolute atomic E-state index is 0.703. The summed E-state index contributed by atoms with van der Waals surface area (Å²) in [4.78, 5) is 0. The van der Waals surface area contributed by atoms with E-state index < -0.39 is 183 Å². The fourth-order valence-corrected chi connectivity index (χ4v) is 7.20. The summed E-state index contributed by atoms with van der Waals surface area (Å²) in [7, 11) is -10.7. The second kappa shape index (κ2) is 20.0. The summed E-state index contributed by atoms with van der Waals surface area (Å²) in [5.41, 5.74) is 0. The zero-order valence-electron chi connectivity index (χ0n) is 28.6. The largest absolute Gasteiger partial charge is 0.397 e. The van der Waals surface area contributed by atoms with Crippen molar-refractivity contribution in [3.8, 4) is 0 Å². The summed E-state index contributed by atoms with van der Waals surface area (Å²) >= 11 is 0. The zero-order chi connectivity index (χ0) is 41.9. The highest BCUT2D eigenvalue weighted by Crippen LogP contribution is 2.33. The number of aliphatic hydroxyl groups excluding tert-OH is 12. The van der Waals surface area contributed by atoms with Gasteiger partial charge >= 0.3 is 20.8 Å². The first-order chi connectivity index (χ1) is 26.2. The maximum Gasteiger partial charge on any atom is 0.397 e. The molecular weight excluding hydrogens is 824 g/mol. The van der Waals surface area contributed by atoms with Crippen molar-refractivity contribution < 1.29 is 133 Å². The minimum Gasteiger partial charge on any atom is -0.394 e. The van der Waals surface area contributed by atoms with E-state index in [0.29, 0.717) is 0 Å². The molecule has 0 bridgehead atoms. The third kappa shape index (κ3) is 11.4. The lowest BCUT2D eigenvalue weighted by atomic mass is 9.97. The van der Waals surface area contributed by atoms with Crippen molar-refractivity contribution >= 4 is 20.8 Å². The molecule has 4 rings (SSSR count). The van der Waals surface area contributed by atoms with Crippen LogP contribution in [0.4, 0.5) is 0 Å². The molecule has 4 saturated heterocycles. The maximum atomic E-state index is 11.5. The van der Waals surface area contributed by atoms with Gasteiger partial charge in [0.2, 0.25) is 0 Å². The van der Waals surface area contributed by atoms with Gasteiger partial charge < -0.3 is 99.2 Å². The van der Waals surface area contributed by atoms with Crippen molar-refractivity contribution in [2.75, 3.05) is 39.6 Å². The van der Waals surface area contributed by atoms with Crippen LogP contribution in [0.3, 0.4) is 0 Å². The predicted molar refractivity (Wildman–Crippen MR) is 166 cm³/mol. The molecule has 0 spiro atoms. The van der Waals surface area contributed by atoms with Gasteiger partial charge in [-0.3, -0.25) is 9.11 Å². The van der Waals surface area contributed by atoms with Crippen LogP contribution in [-0.4, -0.2) is 250 Å². The molecule has 30 heteroatoms. The molecule has 0 aromatic heterocycles. The number of rotatable bonds is 17. The van der Waals surface area contributed by atoms with Gasteiger partial charge in [0.1, 0.15) is 97.7 Å². The van der Waals surface area contributed by atoms with Crippen molar-refractivity contribution in [3.63, 3.8) is 0 Å². The molecule has 4 heterocycles. The fraction of sp³-hybridized carbons (Fsp3) is 1.00. The Labute approximate surface area is 316 Å². The quantitative estimate of drug-likeness (QED) is 0.0477. The lowest BCUT2D eigenvalue weighted by molar-refractivity contribution is -0.373. The van der Waals surface area contributed by atoms with Crippen LogP contribution >= 0.6 is 0 Å². The smallest absolute Gasteiger partial charge is 0.394 e. The van der Waals surface area contributed by atoms with Gasteiger partial charge in [-0.2, -0.15) is 16.8 Å². The summed E-state index contributed by atoms with van der Waals surface area (Å²) in [6, 6.07) is 0. The molecule has 56 heavy (non-hydrogen) atoms. The van der Waals surface area contributed by atoms with Gasteiger partial charge in [0.05, 0.1) is 39.6 Å². The Morgan fingerprint density at radius 3 is 0.982 bits per heavy atom. The molecule has 0 radical (unpaired) electrons. The van der Waals surface area contributed by atoms with E-state index in [1.54, 1.807) is 0 Å². The van der Waals surface area contributed by atoms with Crippen LogP contribution in [0.5, 0.6) is 0 Å². The van der Waals surface area contributed by atoms with Crippen LogP contribution in [0.15, 0.2) is 0 Å². The van der Waals surface area contributed by atoms with Crippen molar-refractivity contribution in [3.05, 3.63) is 0 Å². The van der Waals surface area contributed by atoms with Crippen LogP contribution in [0.2, 0.25) is 0 Å². The van der Waals surface area contributed by atoms with Gasteiger partial charge in [-0.05, 0) is 0 Å². The Morgan fingerprint density at radius 2 is 0.696 bits per heavy atom. The average molecular weight is 871 g/mol. The average Bonchev–Trinajstić information content (AvgIpc) is 3.13. The molecule has 20 atom stereocenters. The Hall–Kier alpha value is -1.06. The standard InChI is InChI=1S/C26H46O28S2/c27-3-7-11(31)13(33)15(35)23(47-7)51-21-17(37)19(53-55(39,40)41)9(5-29)49-25(21)45-1-2-46-26-22(18(38)20(10(6-30)50-26)54-56(42,43)44)52-24-16(36)14(34)12(32)8(4-28)48-24/h7-38H,1-6H2,(H,39,40,41)(H,42,43,44)/t7-,8-,9-,10-,11-,12-,13+,14+,15-,16-,17+,18+,19-,20-,21-,22-,23-,24-,25-,26-/m1/s1. The second-order valence-electron chi connectivity index (χ2n) is 12.7. The number of hydrogen-bond acceptors (Lipinski definition) is 26. The van der Waals surface area contributed by atoms with E-state index in [1.807, 2.05) is 0 Å². The molecule has 0 amide bonds. The topological polar surface area (TPSA) is 444 Å². The first-order valence-electron chi connectivity index (χ1n) is 16.5. The van der Waals surface area contributed by atoms with E-state index in [9.17, 15) is 87.2 Å². The molecule has 28 nitrogen and oxygen atoms in total. The van der Waals surface area contributed by atoms with Gasteiger partial charge in [0.25, 0.3) is 0 Å². The monoisotopic (exact) mass is 870 g/mol. The number of ether oxygens (including phenoxy) is 8. The summed E-state index contributed by atoms with van der Waals surface area (Å²) in [6.07, 6.45) is -39.1. The van der Waals surface area contributed by atoms with E-state index in [0.717, 1.165) is 0 Å². The normalized spacial score (nSPS) is 45.5. The highest BCUT2D eigenvalue weighted by atomic mass is 32.3. The van der Waals surface area contributed by atoms with E-state index in [2.05, 4.69) is 8.37 Å². The third-order valence-electron chi connectivity index (χ3n) is 8.99. The summed E-state index contributed by atoms with van der Waals surface area (Å²) in [5, 5.41) is 122. The van der Waals surface area contributed by atoms with Gasteiger partial charge in [-0.1, -0.05) is 0 Å². The summed E-state index contributed by atoms with van der Waals surface area (Å²) in [6.45, 7) is -5.39. The first-order valence-corrected chi connectivity index (χ1v) is 19.2. The van der Waals surface area contributed by atoms with Crippen LogP contribution < -0.4 is 0 Å². The van der Waals surface area contributed by atoms with E-state index in [4.69, 9.17) is 37.9 Å². The molecule has 4 aliphatic rings. The van der Waals surface area contributed by atoms with Crippen molar-refractivity contribution in [1.29, 1.82) is 0 Å². The molecule has 0 aromatic rings. The maximum absolute atomic E-state index is 11.5. The van der Waals surface area contributed by atoms with Crippen molar-refractivity contribution in [2.45, 2.75) is 123 Å². The van der Waals surface area contributed by atoms with Crippen molar-refractivity contribution in [1.82, 2.24) is 0 Å². The molecule has 14 N–H and O–H groups in total. The first kappa shape index (κ1) is 47.6. The molecule has 4 aliphatic heterocycles. The molecule has 0 unspecified atom stereocenters. The molecule has 4 fully saturated rings. The van der Waals surface area contributed by atoms with Crippen LogP contribution in [0, 0.1) is 0 Å². The Kier molecular flexibility index (Phi) is 17.0. The molecule has 0 saturated carbocycles. The SMILES string of the molecule is O=S(=O)(O)O[C@H]1[C@H](O)[C@@H](O[C@H]2O[C@H](CO)[C@@H](O)[C@H](O)[C@H]2O)[C@H](OCCO[C@@H]2O[C@H](CO)[C@@H](OS(=O)(=O)O)[C@H](O)[C@H]2O[C@H]2O[C@H](CO)[C@@H](O)[C@H](O)[C@H]2O)O[C@@H]1CO. The van der Waals surface area contributed by atoms with Gasteiger partial charge in [-0.15, -0.1) is 0 Å². The van der Waals surface area contributed by atoms with Crippen molar-refractivity contribution in [2.24, 2.45) is 0 Å². The van der Waals surface area contributed by atoms with E-state index in [1.165, 1.54) is 0 Å². The third-order valence-corrected chi connectivity index (χ3v) is 9.92. The van der Waals surface area contributed by atoms with Crippen LogP contribution in [0.25, 0.3) is 0 Å². The van der Waals surface area contributed by atoms with Gasteiger partial charge in [0, 0.05) is 0 Å². The van der Waals surface area contributed by atoms with Gasteiger partial charge in [-0.25, -0.2) is 8.37 Å². The Morgan fingerprint density at radius 1 is 0.393 bits per heavy atom. The Balaban J connectivity index is 1.54. The fourth-order valence-electron chi connectivity index (χ4n) is 6.16. The Bertz CT molecular complexity index is 1330. The summed E-state index contributed by atoms with van der Waals surface area (Å²) < 4.78 is 117. The zero-order valence-corrected chi connectivity index (χ0v) is 30.2.